The molecule has 1 aliphatic heterocycles. The number of carbonyl (C=O) groups is 1. The van der Waals surface area contributed by atoms with Crippen molar-refractivity contribution in [1.29, 1.82) is 0 Å². The molecule has 3 aromatic rings. The molecule has 1 saturated heterocycles. The highest BCUT2D eigenvalue weighted by atomic mass is 32.1. The zero-order valence-electron chi connectivity index (χ0n) is 17.4. The zero-order chi connectivity index (χ0) is 20.2. The fourth-order valence-corrected chi connectivity index (χ4v) is 5.12. The van der Waals surface area contributed by atoms with Gasteiger partial charge in [-0.2, -0.15) is 0 Å². The van der Waals surface area contributed by atoms with Gasteiger partial charge in [0, 0.05) is 25.2 Å². The van der Waals surface area contributed by atoms with Crippen molar-refractivity contribution >= 4 is 28.0 Å². The number of unbranched alkanes of at least 4 members (excludes halogenated alkanes) is 1. The molecule has 0 aliphatic carbocycles. The maximum Gasteiger partial charge on any atom is 0.265 e. The Bertz CT molecular complexity index is 991. The molecule has 0 unspecified atom stereocenters. The third-order valence-electron chi connectivity index (χ3n) is 5.71. The molecule has 1 amide bonds. The predicted octanol–water partition coefficient (Wildman–Crippen LogP) is 5.22. The van der Waals surface area contributed by atoms with E-state index in [4.69, 9.17) is 4.98 Å². The molecule has 0 saturated carbocycles. The van der Waals surface area contributed by atoms with Crippen LogP contribution >= 0.6 is 11.3 Å². The van der Waals surface area contributed by atoms with E-state index in [-0.39, 0.29) is 5.91 Å². The lowest BCUT2D eigenvalue weighted by molar-refractivity contribution is 0.0765. The average Bonchev–Trinajstić information content (AvgIpc) is 2.98. The Hall–Kier alpha value is -2.24. The van der Waals surface area contributed by atoms with E-state index in [1.54, 1.807) is 0 Å². The normalized spacial score (nSPS) is 15.6. The molecule has 0 atom stereocenters. The molecule has 0 bridgehead atoms. The van der Waals surface area contributed by atoms with Crippen LogP contribution in [0.4, 0.5) is 0 Å². The number of amides is 1. The lowest BCUT2D eigenvalue weighted by Crippen LogP contribution is -2.35. The minimum absolute atomic E-state index is 0.142. The van der Waals surface area contributed by atoms with Gasteiger partial charge < -0.3 is 9.80 Å². The van der Waals surface area contributed by atoms with Gasteiger partial charge in [0.05, 0.1) is 5.69 Å². The van der Waals surface area contributed by atoms with Crippen LogP contribution in [-0.4, -0.2) is 53.4 Å². The summed E-state index contributed by atoms with van der Waals surface area (Å²) < 4.78 is 0. The molecule has 2 heterocycles. The number of fused-ring (bicyclic) bond motifs is 1. The molecule has 1 fully saturated rings. The van der Waals surface area contributed by atoms with Gasteiger partial charge >= 0.3 is 0 Å². The number of aryl methyl sites for hydroxylation is 1. The molecule has 152 valence electrons. The van der Waals surface area contributed by atoms with Crippen molar-refractivity contribution in [3.05, 3.63) is 53.0 Å². The molecule has 2 aromatic carbocycles. The first-order valence-electron chi connectivity index (χ1n) is 10.6. The number of rotatable bonds is 5. The minimum atomic E-state index is 0.142. The second-order valence-corrected chi connectivity index (χ2v) is 8.80. The quantitative estimate of drug-likeness (QED) is 0.582. The van der Waals surface area contributed by atoms with E-state index < -0.39 is 0 Å². The molecule has 4 nitrogen and oxygen atoms in total. The van der Waals surface area contributed by atoms with Gasteiger partial charge in [-0.25, -0.2) is 4.98 Å². The van der Waals surface area contributed by atoms with Crippen LogP contribution in [0.5, 0.6) is 0 Å². The molecule has 29 heavy (non-hydrogen) atoms. The van der Waals surface area contributed by atoms with Gasteiger partial charge in [0.1, 0.15) is 9.88 Å². The fraction of sp³-hybridized carbons (Fsp3) is 0.417. The number of hydrogen-bond acceptors (Lipinski definition) is 4. The molecule has 1 aliphatic rings. The highest BCUT2D eigenvalue weighted by Crippen LogP contribution is 2.33. The van der Waals surface area contributed by atoms with Gasteiger partial charge in [-0.1, -0.05) is 55.8 Å². The Morgan fingerprint density at radius 2 is 1.90 bits per heavy atom. The maximum atomic E-state index is 13.3. The number of benzene rings is 2. The van der Waals surface area contributed by atoms with Crippen LogP contribution in [0.15, 0.2) is 42.5 Å². The summed E-state index contributed by atoms with van der Waals surface area (Å²) in [5, 5.41) is 3.32. The second-order valence-electron chi connectivity index (χ2n) is 7.80. The molecule has 5 heteroatoms. The summed E-state index contributed by atoms with van der Waals surface area (Å²) in [6.45, 7) is 9.04. The second kappa shape index (κ2) is 9.06. The van der Waals surface area contributed by atoms with E-state index in [1.165, 1.54) is 35.0 Å². The highest BCUT2D eigenvalue weighted by Gasteiger charge is 2.24. The van der Waals surface area contributed by atoms with Crippen LogP contribution in [0, 0.1) is 6.92 Å². The van der Waals surface area contributed by atoms with E-state index in [0.717, 1.165) is 60.3 Å². The summed E-state index contributed by atoms with van der Waals surface area (Å²) >= 11 is 1.53. The molecule has 0 spiro atoms. The van der Waals surface area contributed by atoms with E-state index in [0.29, 0.717) is 0 Å². The van der Waals surface area contributed by atoms with Crippen LogP contribution in [0.25, 0.3) is 21.3 Å². The third-order valence-corrected chi connectivity index (χ3v) is 6.89. The standard InChI is InChI=1S/C24H29N3OS/c1-3-4-13-26-14-8-15-27(17-16-26)24(28)22-18(2)25-23(29-22)21-12-7-10-19-9-5-6-11-20(19)21/h5-7,9-12H,3-4,8,13-17H2,1-2H3. The number of thiazole rings is 1. The first kappa shape index (κ1) is 20.0. The van der Waals surface area contributed by atoms with Crippen molar-refractivity contribution in [3.63, 3.8) is 0 Å². The van der Waals surface area contributed by atoms with Crippen LogP contribution in [0.3, 0.4) is 0 Å². The first-order chi connectivity index (χ1) is 14.2. The zero-order valence-corrected chi connectivity index (χ0v) is 18.2. The lowest BCUT2D eigenvalue weighted by Gasteiger charge is -2.21. The van der Waals surface area contributed by atoms with Crippen molar-refractivity contribution in [2.24, 2.45) is 0 Å². The van der Waals surface area contributed by atoms with Crippen molar-refractivity contribution in [2.45, 2.75) is 33.1 Å². The van der Waals surface area contributed by atoms with Crippen molar-refractivity contribution in [3.8, 4) is 10.6 Å². The largest absolute Gasteiger partial charge is 0.337 e. The van der Waals surface area contributed by atoms with E-state index in [2.05, 4.69) is 54.3 Å². The SMILES string of the molecule is CCCCN1CCCN(C(=O)c2sc(-c3cccc4ccccc34)nc2C)CC1. The Labute approximate surface area is 177 Å². The first-order valence-corrected chi connectivity index (χ1v) is 11.5. The summed E-state index contributed by atoms with van der Waals surface area (Å²) in [7, 11) is 0. The van der Waals surface area contributed by atoms with E-state index >= 15 is 0 Å². The fourth-order valence-electron chi connectivity index (χ4n) is 4.04. The number of hydrogen-bond donors (Lipinski definition) is 0. The summed E-state index contributed by atoms with van der Waals surface area (Å²) in [5.41, 5.74) is 1.95. The highest BCUT2D eigenvalue weighted by molar-refractivity contribution is 7.17. The van der Waals surface area contributed by atoms with Crippen LogP contribution in [0.2, 0.25) is 0 Å². The molecule has 0 radical (unpaired) electrons. The number of carbonyl (C=O) groups excluding carboxylic acids is 1. The van der Waals surface area contributed by atoms with Gasteiger partial charge in [0.25, 0.3) is 5.91 Å². The molecular formula is C24H29N3OS. The summed E-state index contributed by atoms with van der Waals surface area (Å²) in [6.07, 6.45) is 3.50. The van der Waals surface area contributed by atoms with Gasteiger partial charge in [-0.15, -0.1) is 11.3 Å². The van der Waals surface area contributed by atoms with Crippen molar-refractivity contribution in [1.82, 2.24) is 14.8 Å². The maximum absolute atomic E-state index is 13.3. The Balaban J connectivity index is 1.55. The van der Waals surface area contributed by atoms with Gasteiger partial charge in [-0.05, 0) is 43.6 Å². The van der Waals surface area contributed by atoms with Crippen molar-refractivity contribution in [2.75, 3.05) is 32.7 Å². The summed E-state index contributed by atoms with van der Waals surface area (Å²) in [5.74, 6) is 0.142. The Morgan fingerprint density at radius 3 is 2.76 bits per heavy atom. The monoisotopic (exact) mass is 407 g/mol. The van der Waals surface area contributed by atoms with Crippen LogP contribution in [-0.2, 0) is 0 Å². The smallest absolute Gasteiger partial charge is 0.265 e. The van der Waals surface area contributed by atoms with Crippen molar-refractivity contribution < 1.29 is 4.79 Å². The Morgan fingerprint density at radius 1 is 1.07 bits per heavy atom. The predicted molar refractivity (Wildman–Crippen MR) is 122 cm³/mol. The van der Waals surface area contributed by atoms with E-state index in [1.807, 2.05) is 11.8 Å². The van der Waals surface area contributed by atoms with Crippen LogP contribution in [0.1, 0.15) is 41.6 Å². The topological polar surface area (TPSA) is 36.4 Å². The molecule has 0 N–H and O–H groups in total. The summed E-state index contributed by atoms with van der Waals surface area (Å²) in [6, 6.07) is 14.6. The minimum Gasteiger partial charge on any atom is -0.337 e. The van der Waals surface area contributed by atoms with E-state index in [9.17, 15) is 4.79 Å². The molecular weight excluding hydrogens is 378 g/mol. The van der Waals surface area contributed by atoms with Gasteiger partial charge in [-0.3, -0.25) is 4.79 Å². The average molecular weight is 408 g/mol. The Kier molecular flexibility index (Phi) is 6.26. The molecule has 1 aromatic heterocycles. The lowest BCUT2D eigenvalue weighted by atomic mass is 10.1. The number of aromatic nitrogens is 1. The van der Waals surface area contributed by atoms with Gasteiger partial charge in [0.2, 0.25) is 0 Å². The third kappa shape index (κ3) is 4.36. The number of nitrogens with zero attached hydrogens (tertiary/aromatic N) is 3. The van der Waals surface area contributed by atoms with Gasteiger partial charge in [0.15, 0.2) is 0 Å². The molecule has 4 rings (SSSR count). The van der Waals surface area contributed by atoms with Crippen LogP contribution < -0.4 is 0 Å². The summed E-state index contributed by atoms with van der Waals surface area (Å²) in [4.78, 5) is 23.4.